The lowest BCUT2D eigenvalue weighted by Crippen LogP contribution is -2.60. The Morgan fingerprint density at radius 2 is 2.00 bits per heavy atom. The van der Waals surface area contributed by atoms with Crippen LogP contribution in [0, 0.1) is 6.92 Å². The van der Waals surface area contributed by atoms with Gasteiger partial charge in [0.05, 0.1) is 12.5 Å². The molecule has 148 valence electrons. The Morgan fingerprint density at radius 3 is 2.67 bits per heavy atom. The van der Waals surface area contributed by atoms with Gasteiger partial charge in [0.2, 0.25) is 5.91 Å². The first kappa shape index (κ1) is 20.7. The summed E-state index contributed by atoms with van der Waals surface area (Å²) in [6.45, 7) is 7.92. The molecule has 0 radical (unpaired) electrons. The van der Waals surface area contributed by atoms with Gasteiger partial charge in [0.15, 0.2) is 6.10 Å². The number of hydrogen-bond acceptors (Lipinski definition) is 5. The number of esters is 1. The van der Waals surface area contributed by atoms with E-state index in [0.29, 0.717) is 25.3 Å². The number of piperazine rings is 1. The fourth-order valence-electron chi connectivity index (χ4n) is 2.86. The number of carbonyl (C=O) groups is 3. The summed E-state index contributed by atoms with van der Waals surface area (Å²) in [5.74, 6) is -0.544. The summed E-state index contributed by atoms with van der Waals surface area (Å²) in [4.78, 5) is 38.7. The summed E-state index contributed by atoms with van der Waals surface area (Å²) in [5.41, 5.74) is 0.919. The van der Waals surface area contributed by atoms with Gasteiger partial charge >= 0.3 is 5.97 Å². The Labute approximate surface area is 160 Å². The second-order valence-corrected chi connectivity index (χ2v) is 6.78. The maximum atomic E-state index is 12.9. The molecule has 0 spiro atoms. The van der Waals surface area contributed by atoms with Crippen LogP contribution in [0.4, 0.5) is 0 Å². The topological polar surface area (TPSA) is 84.9 Å². The second-order valence-electron chi connectivity index (χ2n) is 6.78. The van der Waals surface area contributed by atoms with Gasteiger partial charge in [0, 0.05) is 13.1 Å². The van der Waals surface area contributed by atoms with E-state index in [-0.39, 0.29) is 24.3 Å². The van der Waals surface area contributed by atoms with Crippen LogP contribution in [0.1, 0.15) is 39.2 Å². The Bertz CT molecular complexity index is 691. The molecule has 7 heteroatoms. The molecule has 1 aliphatic rings. The van der Waals surface area contributed by atoms with Crippen LogP contribution in [0.25, 0.3) is 0 Å². The highest BCUT2D eigenvalue weighted by Gasteiger charge is 2.37. The molecule has 3 atom stereocenters. The molecule has 1 aromatic carbocycles. The molecule has 1 N–H and O–H groups in total. The molecule has 1 saturated heterocycles. The van der Waals surface area contributed by atoms with E-state index < -0.39 is 18.1 Å². The SMILES string of the molecule is CCC(C)OC(=O)CC1C(=O)NCCN1C(=O)C(C)Oc1ccccc1C. The van der Waals surface area contributed by atoms with Gasteiger partial charge in [-0.05, 0) is 38.8 Å². The smallest absolute Gasteiger partial charge is 0.308 e. The Hall–Kier alpha value is -2.57. The minimum absolute atomic E-state index is 0.168. The first-order valence-corrected chi connectivity index (χ1v) is 9.33. The number of para-hydroxylation sites is 1. The van der Waals surface area contributed by atoms with Crippen LogP contribution >= 0.6 is 0 Å². The molecule has 3 unspecified atom stereocenters. The van der Waals surface area contributed by atoms with Gasteiger partial charge in [-0.15, -0.1) is 0 Å². The first-order valence-electron chi connectivity index (χ1n) is 9.33. The fraction of sp³-hybridized carbons (Fsp3) is 0.550. The largest absolute Gasteiger partial charge is 0.481 e. The van der Waals surface area contributed by atoms with Gasteiger partial charge in [-0.3, -0.25) is 14.4 Å². The summed E-state index contributed by atoms with van der Waals surface area (Å²) in [7, 11) is 0. The van der Waals surface area contributed by atoms with Crippen LogP contribution in [-0.2, 0) is 19.1 Å². The molecule has 2 amide bonds. The molecular formula is C20H28N2O5. The van der Waals surface area contributed by atoms with E-state index in [1.807, 2.05) is 32.0 Å². The van der Waals surface area contributed by atoms with E-state index in [4.69, 9.17) is 9.47 Å². The first-order chi connectivity index (χ1) is 12.8. The highest BCUT2D eigenvalue weighted by molar-refractivity contribution is 5.93. The third kappa shape index (κ3) is 5.45. The van der Waals surface area contributed by atoms with Crippen LogP contribution in [-0.4, -0.2) is 54.0 Å². The number of rotatable bonds is 7. The van der Waals surface area contributed by atoms with Crippen molar-refractivity contribution >= 4 is 17.8 Å². The monoisotopic (exact) mass is 376 g/mol. The van der Waals surface area contributed by atoms with Crippen LogP contribution in [0.3, 0.4) is 0 Å². The maximum absolute atomic E-state index is 12.9. The van der Waals surface area contributed by atoms with Gasteiger partial charge < -0.3 is 19.7 Å². The molecule has 27 heavy (non-hydrogen) atoms. The average Bonchev–Trinajstić information content (AvgIpc) is 2.64. The van der Waals surface area contributed by atoms with Crippen molar-refractivity contribution in [3.63, 3.8) is 0 Å². The van der Waals surface area contributed by atoms with Crippen LogP contribution in [0.2, 0.25) is 0 Å². The predicted molar refractivity (Wildman–Crippen MR) is 100 cm³/mol. The lowest BCUT2D eigenvalue weighted by atomic mass is 10.1. The average molecular weight is 376 g/mol. The summed E-state index contributed by atoms with van der Waals surface area (Å²) in [6.07, 6.45) is -0.479. The number of amides is 2. The second kappa shape index (κ2) is 9.39. The van der Waals surface area contributed by atoms with Crippen molar-refractivity contribution in [2.45, 2.75) is 58.8 Å². The van der Waals surface area contributed by atoms with Crippen molar-refractivity contribution in [2.75, 3.05) is 13.1 Å². The number of ether oxygens (including phenoxy) is 2. The molecular weight excluding hydrogens is 348 g/mol. The molecule has 0 saturated carbocycles. The van der Waals surface area contributed by atoms with E-state index in [2.05, 4.69) is 5.32 Å². The van der Waals surface area contributed by atoms with Gasteiger partial charge in [-0.2, -0.15) is 0 Å². The van der Waals surface area contributed by atoms with Crippen molar-refractivity contribution in [3.05, 3.63) is 29.8 Å². The molecule has 0 aromatic heterocycles. The lowest BCUT2D eigenvalue weighted by Gasteiger charge is -2.36. The zero-order valence-electron chi connectivity index (χ0n) is 16.4. The summed E-state index contributed by atoms with van der Waals surface area (Å²) in [5, 5.41) is 2.71. The lowest BCUT2D eigenvalue weighted by molar-refractivity contribution is -0.156. The number of hydrogen-bond donors (Lipinski definition) is 1. The molecule has 7 nitrogen and oxygen atoms in total. The predicted octanol–water partition coefficient (Wildman–Crippen LogP) is 1.82. The summed E-state index contributed by atoms with van der Waals surface area (Å²) in [6, 6.07) is 6.53. The molecule has 0 bridgehead atoms. The van der Waals surface area contributed by atoms with Gasteiger partial charge in [-0.1, -0.05) is 25.1 Å². The van der Waals surface area contributed by atoms with E-state index >= 15 is 0 Å². The van der Waals surface area contributed by atoms with Gasteiger partial charge in [0.25, 0.3) is 5.91 Å². The van der Waals surface area contributed by atoms with E-state index in [9.17, 15) is 14.4 Å². The zero-order chi connectivity index (χ0) is 20.0. The van der Waals surface area contributed by atoms with Gasteiger partial charge in [0.1, 0.15) is 11.8 Å². The standard InChI is InChI=1S/C20H28N2O5/c1-5-14(3)26-18(23)12-16-19(24)21-10-11-22(16)20(25)15(4)27-17-9-7-6-8-13(17)2/h6-9,14-16H,5,10-12H2,1-4H3,(H,21,24). The molecule has 2 rings (SSSR count). The number of nitrogens with zero attached hydrogens (tertiary/aromatic N) is 1. The van der Waals surface area contributed by atoms with Crippen LogP contribution in [0.15, 0.2) is 24.3 Å². The van der Waals surface area contributed by atoms with Crippen molar-refractivity contribution in [1.29, 1.82) is 0 Å². The van der Waals surface area contributed by atoms with Crippen molar-refractivity contribution in [3.8, 4) is 5.75 Å². The summed E-state index contributed by atoms with van der Waals surface area (Å²) >= 11 is 0. The normalized spacial score (nSPS) is 19.0. The Morgan fingerprint density at radius 1 is 1.30 bits per heavy atom. The number of carbonyl (C=O) groups excluding carboxylic acids is 3. The van der Waals surface area contributed by atoms with E-state index in [1.165, 1.54) is 4.90 Å². The van der Waals surface area contributed by atoms with Crippen LogP contribution < -0.4 is 10.1 Å². The maximum Gasteiger partial charge on any atom is 0.308 e. The highest BCUT2D eigenvalue weighted by Crippen LogP contribution is 2.20. The Kier molecular flexibility index (Phi) is 7.21. The molecule has 1 aliphatic heterocycles. The van der Waals surface area contributed by atoms with E-state index in [1.54, 1.807) is 19.9 Å². The third-order valence-corrected chi connectivity index (χ3v) is 4.63. The van der Waals surface area contributed by atoms with Gasteiger partial charge in [-0.25, -0.2) is 0 Å². The molecule has 0 aliphatic carbocycles. The molecule has 1 aromatic rings. The van der Waals surface area contributed by atoms with E-state index in [0.717, 1.165) is 5.56 Å². The number of nitrogens with one attached hydrogen (secondary N) is 1. The van der Waals surface area contributed by atoms with Crippen molar-refractivity contribution < 1.29 is 23.9 Å². The van der Waals surface area contributed by atoms with Crippen molar-refractivity contribution in [1.82, 2.24) is 10.2 Å². The number of benzene rings is 1. The molecule has 1 heterocycles. The number of aryl methyl sites for hydroxylation is 1. The molecule has 1 fully saturated rings. The highest BCUT2D eigenvalue weighted by atomic mass is 16.5. The minimum Gasteiger partial charge on any atom is -0.481 e. The third-order valence-electron chi connectivity index (χ3n) is 4.63. The fourth-order valence-corrected chi connectivity index (χ4v) is 2.86. The van der Waals surface area contributed by atoms with Crippen LogP contribution in [0.5, 0.6) is 5.75 Å². The summed E-state index contributed by atoms with van der Waals surface area (Å²) < 4.78 is 11.1. The Balaban J connectivity index is 2.07. The quantitative estimate of drug-likeness (QED) is 0.734. The van der Waals surface area contributed by atoms with Crippen molar-refractivity contribution in [2.24, 2.45) is 0 Å². The zero-order valence-corrected chi connectivity index (χ0v) is 16.4. The minimum atomic E-state index is -0.884.